The Kier molecular flexibility index (Phi) is 8.29. The summed E-state index contributed by atoms with van der Waals surface area (Å²) in [6.45, 7) is 5.44. The molecule has 0 aromatic heterocycles. The minimum absolute atomic E-state index is 0.00243. The van der Waals surface area contributed by atoms with Crippen molar-refractivity contribution in [1.82, 2.24) is 21.3 Å². The van der Waals surface area contributed by atoms with E-state index in [1.54, 1.807) is 0 Å². The molecule has 2 amide bonds. The molecule has 4 N–H and O–H groups in total. The van der Waals surface area contributed by atoms with Gasteiger partial charge in [-0.15, -0.1) is 11.6 Å². The van der Waals surface area contributed by atoms with Crippen molar-refractivity contribution in [2.75, 3.05) is 26.2 Å². The van der Waals surface area contributed by atoms with Crippen LogP contribution in [0.25, 0.3) is 0 Å². The largest absolute Gasteiger partial charge is 0.368 e. The van der Waals surface area contributed by atoms with E-state index in [0.717, 1.165) is 0 Å². The van der Waals surface area contributed by atoms with Crippen molar-refractivity contribution in [1.29, 1.82) is 0 Å². The van der Waals surface area contributed by atoms with Crippen LogP contribution in [0.2, 0.25) is 0 Å². The van der Waals surface area contributed by atoms with Crippen LogP contribution >= 0.6 is 11.6 Å². The smallest absolute Gasteiger partial charge is 0.250 e. The molecule has 3 rings (SSSR count). The second-order valence-electron chi connectivity index (χ2n) is 8.30. The Morgan fingerprint density at radius 1 is 1.17 bits per heavy atom. The number of ether oxygens (including phenoxy) is 1. The molecule has 164 valence electrons. The molecular weight excluding hydrogens is 399 g/mol. The summed E-state index contributed by atoms with van der Waals surface area (Å²) in [7, 11) is 0. The first-order valence-corrected chi connectivity index (χ1v) is 11.0. The Bertz CT molecular complexity index is 596. The van der Waals surface area contributed by atoms with Crippen LogP contribution in [0, 0.1) is 11.8 Å². The van der Waals surface area contributed by atoms with E-state index in [-0.39, 0.29) is 36.9 Å². The Hall–Kier alpha value is -1.22. The molecule has 3 aliphatic rings. The van der Waals surface area contributed by atoms with E-state index < -0.39 is 11.5 Å². The number of alkyl halides is 2. The van der Waals surface area contributed by atoms with Gasteiger partial charge in [0.2, 0.25) is 11.8 Å². The third-order valence-corrected chi connectivity index (χ3v) is 6.26. The molecule has 0 spiro atoms. The fourth-order valence-corrected chi connectivity index (χ4v) is 4.02. The van der Waals surface area contributed by atoms with Gasteiger partial charge < -0.3 is 26.0 Å². The molecule has 0 aromatic rings. The third-order valence-electron chi connectivity index (χ3n) is 5.77. The molecule has 29 heavy (non-hydrogen) atoms. The van der Waals surface area contributed by atoms with Crippen LogP contribution in [0.5, 0.6) is 0 Å². The molecule has 3 atom stereocenters. The first-order chi connectivity index (χ1) is 13.9. The maximum atomic E-state index is 13.6. The molecule has 2 saturated carbocycles. The van der Waals surface area contributed by atoms with Crippen LogP contribution in [-0.2, 0) is 14.3 Å². The number of carbonyl (C=O) groups excluding carboxylic acids is 2. The summed E-state index contributed by atoms with van der Waals surface area (Å²) in [6.07, 6.45) is 3.35. The molecular formula is C20H32ClFN4O3. The summed E-state index contributed by atoms with van der Waals surface area (Å²) < 4.78 is 19.1. The van der Waals surface area contributed by atoms with Crippen molar-refractivity contribution in [3.8, 4) is 0 Å². The third kappa shape index (κ3) is 7.20. The topological polar surface area (TPSA) is 91.5 Å². The molecule has 1 saturated heterocycles. The summed E-state index contributed by atoms with van der Waals surface area (Å²) in [5, 5.41) is 11.9. The van der Waals surface area contributed by atoms with E-state index in [1.807, 2.05) is 0 Å². The zero-order valence-corrected chi connectivity index (χ0v) is 17.5. The summed E-state index contributed by atoms with van der Waals surface area (Å²) in [5.74, 6) is 0.293. The predicted octanol–water partition coefficient (Wildman–Crippen LogP) is 1.18. The molecule has 3 fully saturated rings. The van der Waals surface area contributed by atoms with Crippen molar-refractivity contribution >= 4 is 23.4 Å². The maximum Gasteiger partial charge on any atom is 0.250 e. The van der Waals surface area contributed by atoms with Crippen LogP contribution in [0.1, 0.15) is 38.5 Å². The van der Waals surface area contributed by atoms with Gasteiger partial charge in [0.05, 0.1) is 23.6 Å². The van der Waals surface area contributed by atoms with Crippen LogP contribution in [0.3, 0.4) is 0 Å². The Labute approximate surface area is 176 Å². The van der Waals surface area contributed by atoms with Gasteiger partial charge in [-0.3, -0.25) is 9.59 Å². The highest BCUT2D eigenvalue weighted by Crippen LogP contribution is 2.32. The Morgan fingerprint density at radius 3 is 2.55 bits per heavy atom. The lowest BCUT2D eigenvalue weighted by Gasteiger charge is -2.30. The fraction of sp³-hybridized carbons (Fsp3) is 0.800. The van der Waals surface area contributed by atoms with Gasteiger partial charge in [-0.2, -0.15) is 0 Å². The first-order valence-electron chi connectivity index (χ1n) is 10.5. The maximum absolute atomic E-state index is 13.6. The fourth-order valence-electron chi connectivity index (χ4n) is 3.80. The van der Waals surface area contributed by atoms with E-state index in [9.17, 15) is 14.0 Å². The molecule has 0 bridgehead atoms. The number of nitrogens with one attached hydrogen (secondary N) is 4. The zero-order chi connectivity index (χ0) is 20.8. The van der Waals surface area contributed by atoms with Crippen molar-refractivity contribution in [2.24, 2.45) is 11.8 Å². The zero-order valence-electron chi connectivity index (χ0n) is 16.7. The summed E-state index contributed by atoms with van der Waals surface area (Å²) in [6, 6.07) is 0. The van der Waals surface area contributed by atoms with Crippen molar-refractivity contribution in [2.45, 2.75) is 62.3 Å². The average molecular weight is 431 g/mol. The second kappa shape index (κ2) is 10.7. The molecule has 3 unspecified atom stereocenters. The molecule has 9 heteroatoms. The van der Waals surface area contributed by atoms with Gasteiger partial charge >= 0.3 is 0 Å². The van der Waals surface area contributed by atoms with Gasteiger partial charge in [0.15, 0.2) is 0 Å². The lowest BCUT2D eigenvalue weighted by Crippen LogP contribution is -2.57. The molecule has 0 radical (unpaired) electrons. The summed E-state index contributed by atoms with van der Waals surface area (Å²) in [4.78, 5) is 24.2. The molecule has 7 nitrogen and oxygen atoms in total. The highest BCUT2D eigenvalue weighted by atomic mass is 35.5. The second-order valence-corrected chi connectivity index (χ2v) is 8.86. The number of rotatable bonds is 9. The minimum Gasteiger partial charge on any atom is -0.368 e. The van der Waals surface area contributed by atoms with Crippen molar-refractivity contribution in [3.63, 3.8) is 0 Å². The van der Waals surface area contributed by atoms with Crippen LogP contribution in [0.4, 0.5) is 4.39 Å². The number of carbonyl (C=O) groups is 2. The summed E-state index contributed by atoms with van der Waals surface area (Å²) in [5.41, 5.74) is 0.514. The van der Waals surface area contributed by atoms with Crippen LogP contribution < -0.4 is 21.3 Å². The highest BCUT2D eigenvalue weighted by molar-refractivity contribution is 6.21. The molecule has 1 aliphatic heterocycles. The van der Waals surface area contributed by atoms with E-state index in [2.05, 4.69) is 27.8 Å². The lowest BCUT2D eigenvalue weighted by molar-refractivity contribution is -0.128. The van der Waals surface area contributed by atoms with Gasteiger partial charge in [-0.1, -0.05) is 6.58 Å². The average Bonchev–Trinajstić information content (AvgIpc) is 3.54. The number of hydrogen-bond donors (Lipinski definition) is 4. The van der Waals surface area contributed by atoms with Gasteiger partial charge in [-0.25, -0.2) is 4.39 Å². The SMILES string of the molecule is C=C(CCNC(=O)C1CNC(C2CC2)NC1)NC(=O)COC1CCC(Cl)C(F)C1. The summed E-state index contributed by atoms with van der Waals surface area (Å²) >= 11 is 5.85. The number of amides is 2. The standard InChI is InChI=1S/C20H32ClFN4O3/c1-12(26-18(27)11-29-15-4-5-16(21)17(22)8-15)6-7-23-20(28)14-9-24-19(25-10-14)13-2-3-13/h13-17,19,24-25H,1-11H2,(H,23,28)(H,26,27). The number of halogens is 2. The van der Waals surface area contributed by atoms with Crippen LogP contribution in [-0.4, -0.2) is 61.9 Å². The molecule has 2 aliphatic carbocycles. The van der Waals surface area contributed by atoms with Gasteiger partial charge in [0.1, 0.15) is 12.8 Å². The minimum atomic E-state index is -1.09. The lowest BCUT2D eigenvalue weighted by atomic mass is 9.95. The predicted molar refractivity (Wildman–Crippen MR) is 109 cm³/mol. The van der Waals surface area contributed by atoms with Crippen LogP contribution in [0.15, 0.2) is 12.3 Å². The monoisotopic (exact) mass is 430 g/mol. The van der Waals surface area contributed by atoms with Gasteiger partial charge in [0, 0.05) is 38.2 Å². The van der Waals surface area contributed by atoms with E-state index in [4.69, 9.17) is 16.3 Å². The highest BCUT2D eigenvalue weighted by Gasteiger charge is 2.35. The van der Waals surface area contributed by atoms with Crippen molar-refractivity contribution < 1.29 is 18.7 Å². The van der Waals surface area contributed by atoms with E-state index in [1.165, 1.54) is 12.8 Å². The Balaban J connectivity index is 1.24. The quantitative estimate of drug-likeness (QED) is 0.412. The van der Waals surface area contributed by atoms with Crippen molar-refractivity contribution in [3.05, 3.63) is 12.3 Å². The first kappa shape index (κ1) is 22.5. The Morgan fingerprint density at radius 2 is 1.90 bits per heavy atom. The van der Waals surface area contributed by atoms with Gasteiger partial charge in [-0.05, 0) is 31.6 Å². The van der Waals surface area contributed by atoms with E-state index >= 15 is 0 Å². The van der Waals surface area contributed by atoms with E-state index in [0.29, 0.717) is 56.7 Å². The normalized spacial score (nSPS) is 32.4. The molecule has 1 heterocycles. The molecule has 0 aromatic carbocycles. The van der Waals surface area contributed by atoms with Gasteiger partial charge in [0.25, 0.3) is 0 Å². The number of hydrogen-bond acceptors (Lipinski definition) is 5.